The summed E-state index contributed by atoms with van der Waals surface area (Å²) >= 11 is 12.5. The molecule has 0 aliphatic carbocycles. The molecule has 0 radical (unpaired) electrons. The van der Waals surface area contributed by atoms with Gasteiger partial charge in [0.15, 0.2) is 0 Å². The third kappa shape index (κ3) is 4.16. The number of aromatic nitrogens is 1. The number of aryl methyl sites for hydroxylation is 1. The predicted molar refractivity (Wildman–Crippen MR) is 105 cm³/mol. The zero-order chi connectivity index (χ0) is 19.4. The molecule has 7 heteroatoms. The quantitative estimate of drug-likeness (QED) is 0.622. The van der Waals surface area contributed by atoms with Crippen molar-refractivity contribution < 1.29 is 14.1 Å². The molecule has 3 rings (SSSR count). The van der Waals surface area contributed by atoms with Crippen LogP contribution in [0.15, 0.2) is 53.1 Å². The number of nitrogens with zero attached hydrogens (tertiary/aromatic N) is 1. The molecule has 0 spiro atoms. The Hall–Kier alpha value is -2.34. The number of hydrogen-bond donors (Lipinski definition) is 1. The van der Waals surface area contributed by atoms with Crippen molar-refractivity contribution in [3.63, 3.8) is 0 Å². The average molecular weight is 405 g/mol. The Labute approximate surface area is 167 Å². The van der Waals surface area contributed by atoms with Gasteiger partial charge in [-0.15, -0.1) is 0 Å². The van der Waals surface area contributed by atoms with Crippen molar-refractivity contribution in [1.29, 1.82) is 0 Å². The second-order valence-corrected chi connectivity index (χ2v) is 6.71. The van der Waals surface area contributed by atoms with Gasteiger partial charge >= 0.3 is 0 Å². The molecule has 1 amide bonds. The maximum atomic E-state index is 12.8. The maximum Gasteiger partial charge on any atom is 0.257 e. The molecule has 0 saturated heterocycles. The lowest BCUT2D eigenvalue weighted by molar-refractivity contribution is 0.0827. The lowest BCUT2D eigenvalue weighted by Gasteiger charge is -2.17. The number of methoxy groups -OCH3 is 1. The largest absolute Gasteiger partial charge is 0.375 e. The van der Waals surface area contributed by atoms with Gasteiger partial charge in [0.25, 0.3) is 5.91 Å². The molecule has 1 unspecified atom stereocenters. The zero-order valence-corrected chi connectivity index (χ0v) is 16.3. The zero-order valence-electron chi connectivity index (χ0n) is 14.8. The highest BCUT2D eigenvalue weighted by molar-refractivity contribution is 6.33. The summed E-state index contributed by atoms with van der Waals surface area (Å²) < 4.78 is 10.7. The molecule has 1 aromatic heterocycles. The van der Waals surface area contributed by atoms with Gasteiger partial charge in [-0.05, 0) is 19.1 Å². The van der Waals surface area contributed by atoms with Gasteiger partial charge in [0, 0.05) is 29.8 Å². The van der Waals surface area contributed by atoms with Crippen LogP contribution in [0.5, 0.6) is 0 Å². The SMILES string of the molecule is COC(CNC(=O)c1c(-c2ccccc2Cl)noc1C)c1ccccc1Cl. The third-order valence-electron chi connectivity index (χ3n) is 4.20. The molecule has 0 fully saturated rings. The van der Waals surface area contributed by atoms with E-state index in [-0.39, 0.29) is 18.6 Å². The van der Waals surface area contributed by atoms with Crippen LogP contribution in [0.3, 0.4) is 0 Å². The highest BCUT2D eigenvalue weighted by Crippen LogP contribution is 2.31. The second kappa shape index (κ2) is 8.57. The first-order valence-corrected chi connectivity index (χ1v) is 9.05. The first-order valence-electron chi connectivity index (χ1n) is 8.29. The van der Waals surface area contributed by atoms with Gasteiger partial charge in [-0.1, -0.05) is 64.8 Å². The molecule has 2 aromatic carbocycles. The fourth-order valence-electron chi connectivity index (χ4n) is 2.81. The van der Waals surface area contributed by atoms with Crippen LogP contribution >= 0.6 is 23.2 Å². The number of amides is 1. The summed E-state index contributed by atoms with van der Waals surface area (Å²) in [5.41, 5.74) is 2.19. The van der Waals surface area contributed by atoms with E-state index in [1.807, 2.05) is 30.3 Å². The minimum Gasteiger partial charge on any atom is -0.375 e. The van der Waals surface area contributed by atoms with E-state index < -0.39 is 0 Å². The van der Waals surface area contributed by atoms with E-state index in [0.29, 0.717) is 32.6 Å². The Balaban J connectivity index is 1.82. The van der Waals surface area contributed by atoms with Gasteiger partial charge in [0.1, 0.15) is 23.1 Å². The summed E-state index contributed by atoms with van der Waals surface area (Å²) in [5, 5.41) is 7.95. The number of benzene rings is 2. The Morgan fingerprint density at radius 2 is 1.81 bits per heavy atom. The number of rotatable bonds is 6. The molecule has 0 aliphatic rings. The number of nitrogens with one attached hydrogen (secondary N) is 1. The fourth-order valence-corrected chi connectivity index (χ4v) is 3.29. The number of ether oxygens (including phenoxy) is 1. The summed E-state index contributed by atoms with van der Waals surface area (Å²) in [6, 6.07) is 14.5. The molecule has 0 bridgehead atoms. The van der Waals surface area contributed by atoms with E-state index in [1.165, 1.54) is 0 Å². The molecule has 1 N–H and O–H groups in total. The molecule has 1 atom stereocenters. The third-order valence-corrected chi connectivity index (χ3v) is 4.88. The van der Waals surface area contributed by atoms with Crippen LogP contribution in [-0.2, 0) is 4.74 Å². The standard InChI is InChI=1S/C20H18Cl2N2O3/c1-12-18(19(24-27-12)14-8-4-6-10-16(14)22)20(25)23-11-17(26-2)13-7-3-5-9-15(13)21/h3-10,17H,11H2,1-2H3,(H,23,25). The average Bonchev–Trinajstić information content (AvgIpc) is 3.05. The van der Waals surface area contributed by atoms with E-state index in [9.17, 15) is 4.79 Å². The van der Waals surface area contributed by atoms with Crippen molar-refractivity contribution in [1.82, 2.24) is 10.5 Å². The van der Waals surface area contributed by atoms with Crippen LogP contribution in [-0.4, -0.2) is 24.7 Å². The van der Waals surface area contributed by atoms with Crippen molar-refractivity contribution >= 4 is 29.1 Å². The Morgan fingerprint density at radius 1 is 1.15 bits per heavy atom. The topological polar surface area (TPSA) is 64.4 Å². The predicted octanol–water partition coefficient (Wildman–Crippen LogP) is 5.07. The monoisotopic (exact) mass is 404 g/mol. The van der Waals surface area contributed by atoms with Crippen molar-refractivity contribution in [2.75, 3.05) is 13.7 Å². The highest BCUT2D eigenvalue weighted by Gasteiger charge is 2.24. The van der Waals surface area contributed by atoms with Crippen LogP contribution in [0.25, 0.3) is 11.3 Å². The molecular formula is C20H18Cl2N2O3. The van der Waals surface area contributed by atoms with Crippen molar-refractivity contribution in [3.05, 3.63) is 75.5 Å². The lowest BCUT2D eigenvalue weighted by atomic mass is 10.1. The van der Waals surface area contributed by atoms with Crippen LogP contribution in [0.1, 0.15) is 27.8 Å². The minimum absolute atomic E-state index is 0.242. The fraction of sp³-hybridized carbons (Fsp3) is 0.200. The van der Waals surface area contributed by atoms with Gasteiger partial charge in [0.2, 0.25) is 0 Å². The molecule has 0 saturated carbocycles. The summed E-state index contributed by atoms with van der Waals surface area (Å²) in [4.78, 5) is 12.8. The van der Waals surface area contributed by atoms with Gasteiger partial charge < -0.3 is 14.6 Å². The number of carbonyl (C=O) groups is 1. The van der Waals surface area contributed by atoms with E-state index in [1.54, 1.807) is 32.2 Å². The van der Waals surface area contributed by atoms with E-state index in [4.69, 9.17) is 32.5 Å². The molecule has 5 nitrogen and oxygen atoms in total. The van der Waals surface area contributed by atoms with E-state index >= 15 is 0 Å². The highest BCUT2D eigenvalue weighted by atomic mass is 35.5. The summed E-state index contributed by atoms with van der Waals surface area (Å²) in [7, 11) is 1.57. The first-order chi connectivity index (χ1) is 13.0. The van der Waals surface area contributed by atoms with Gasteiger partial charge in [-0.3, -0.25) is 4.79 Å². The van der Waals surface area contributed by atoms with Crippen LogP contribution in [0, 0.1) is 6.92 Å². The number of carbonyl (C=O) groups excluding carboxylic acids is 1. The molecule has 3 aromatic rings. The molecule has 27 heavy (non-hydrogen) atoms. The smallest absolute Gasteiger partial charge is 0.257 e. The normalized spacial score (nSPS) is 12.0. The number of halogens is 2. The van der Waals surface area contributed by atoms with E-state index in [2.05, 4.69) is 10.5 Å². The Kier molecular flexibility index (Phi) is 6.16. The summed E-state index contributed by atoms with van der Waals surface area (Å²) in [6.45, 7) is 1.93. The summed E-state index contributed by atoms with van der Waals surface area (Å²) in [6.07, 6.45) is -0.383. The van der Waals surface area contributed by atoms with Crippen molar-refractivity contribution in [2.24, 2.45) is 0 Å². The van der Waals surface area contributed by atoms with Crippen molar-refractivity contribution in [3.8, 4) is 11.3 Å². The summed E-state index contributed by atoms with van der Waals surface area (Å²) in [5.74, 6) is 0.0897. The van der Waals surface area contributed by atoms with Gasteiger partial charge in [0.05, 0.1) is 5.02 Å². The minimum atomic E-state index is -0.383. The molecule has 1 heterocycles. The molecular weight excluding hydrogens is 387 g/mol. The van der Waals surface area contributed by atoms with Crippen LogP contribution in [0.2, 0.25) is 10.0 Å². The Bertz CT molecular complexity index is 956. The van der Waals surface area contributed by atoms with Crippen molar-refractivity contribution in [2.45, 2.75) is 13.0 Å². The Morgan fingerprint density at radius 3 is 2.48 bits per heavy atom. The van der Waals surface area contributed by atoms with Gasteiger partial charge in [-0.25, -0.2) is 0 Å². The number of hydrogen-bond acceptors (Lipinski definition) is 4. The maximum absolute atomic E-state index is 12.8. The van der Waals surface area contributed by atoms with Crippen LogP contribution in [0.4, 0.5) is 0 Å². The van der Waals surface area contributed by atoms with Crippen LogP contribution < -0.4 is 5.32 Å². The van der Waals surface area contributed by atoms with Gasteiger partial charge in [-0.2, -0.15) is 0 Å². The molecule has 0 aliphatic heterocycles. The lowest BCUT2D eigenvalue weighted by Crippen LogP contribution is -2.29. The molecule has 140 valence electrons. The van der Waals surface area contributed by atoms with E-state index in [0.717, 1.165) is 5.56 Å². The second-order valence-electron chi connectivity index (χ2n) is 5.90. The first kappa shape index (κ1) is 19.4.